The summed E-state index contributed by atoms with van der Waals surface area (Å²) in [6.07, 6.45) is 0.469. The van der Waals surface area contributed by atoms with Crippen molar-refractivity contribution in [2.45, 2.75) is 6.42 Å². The number of aromatic hydroxyl groups is 1. The van der Waals surface area contributed by atoms with Gasteiger partial charge >= 0.3 is 0 Å². The Kier molecular flexibility index (Phi) is 2.21. The van der Waals surface area contributed by atoms with Crippen molar-refractivity contribution in [2.75, 3.05) is 0 Å². The first-order valence-electron chi connectivity index (χ1n) is 3.15. The van der Waals surface area contributed by atoms with E-state index in [2.05, 4.69) is 0 Å². The van der Waals surface area contributed by atoms with Crippen LogP contribution in [0.15, 0.2) is 18.2 Å². The third-order valence-corrected chi connectivity index (χ3v) is 1.38. The maximum absolute atomic E-state index is 12.7. The molecule has 1 aromatic carbocycles. The summed E-state index contributed by atoms with van der Waals surface area (Å²) in [5.74, 6) is -0.714. The average molecular weight is 154 g/mol. The van der Waals surface area contributed by atoms with Gasteiger partial charge in [-0.25, -0.2) is 4.39 Å². The maximum atomic E-state index is 12.7. The lowest BCUT2D eigenvalue weighted by Crippen LogP contribution is -1.91. The van der Waals surface area contributed by atoms with E-state index in [0.717, 1.165) is 0 Å². The predicted octanol–water partition coefficient (Wildman–Crippen LogP) is 1.27. The lowest BCUT2D eigenvalue weighted by molar-refractivity contribution is -0.107. The molecule has 0 aliphatic carbocycles. The quantitative estimate of drug-likeness (QED) is 0.651. The highest BCUT2D eigenvalue weighted by atomic mass is 19.1. The largest absolute Gasteiger partial charge is 0.508 e. The van der Waals surface area contributed by atoms with Gasteiger partial charge in [0.2, 0.25) is 0 Å². The van der Waals surface area contributed by atoms with Crippen molar-refractivity contribution in [1.82, 2.24) is 0 Å². The molecule has 0 aliphatic rings. The second kappa shape index (κ2) is 3.14. The topological polar surface area (TPSA) is 37.3 Å². The smallest absolute Gasteiger partial charge is 0.130 e. The zero-order valence-electron chi connectivity index (χ0n) is 5.75. The third kappa shape index (κ3) is 1.55. The molecule has 0 saturated heterocycles. The van der Waals surface area contributed by atoms with Crippen molar-refractivity contribution < 1.29 is 14.3 Å². The molecule has 0 amide bonds. The molecule has 0 atom stereocenters. The van der Waals surface area contributed by atoms with Crippen LogP contribution in [0.3, 0.4) is 0 Å². The summed E-state index contributed by atoms with van der Waals surface area (Å²) >= 11 is 0. The van der Waals surface area contributed by atoms with Crippen LogP contribution in [0.4, 0.5) is 4.39 Å². The monoisotopic (exact) mass is 154 g/mol. The van der Waals surface area contributed by atoms with E-state index >= 15 is 0 Å². The molecule has 58 valence electrons. The molecule has 0 aliphatic heterocycles. The molecule has 1 N–H and O–H groups in total. The molecular weight excluding hydrogens is 147 g/mol. The fourth-order valence-corrected chi connectivity index (χ4v) is 0.833. The first-order valence-corrected chi connectivity index (χ1v) is 3.15. The zero-order valence-corrected chi connectivity index (χ0v) is 5.75. The van der Waals surface area contributed by atoms with Crippen molar-refractivity contribution in [3.8, 4) is 5.75 Å². The van der Waals surface area contributed by atoms with E-state index in [1.54, 1.807) is 0 Å². The van der Waals surface area contributed by atoms with Gasteiger partial charge < -0.3 is 9.90 Å². The molecular formula is C8H7FO2. The molecule has 0 spiro atoms. The molecule has 1 rings (SSSR count). The summed E-state index contributed by atoms with van der Waals surface area (Å²) < 4.78 is 12.7. The highest BCUT2D eigenvalue weighted by Crippen LogP contribution is 2.19. The first kappa shape index (κ1) is 7.72. The summed E-state index contributed by atoms with van der Waals surface area (Å²) in [6.45, 7) is 0. The second-order valence-corrected chi connectivity index (χ2v) is 2.11. The minimum Gasteiger partial charge on any atom is -0.508 e. The number of hydrogen-bond donors (Lipinski definition) is 1. The molecule has 0 radical (unpaired) electrons. The molecule has 0 heterocycles. The van der Waals surface area contributed by atoms with E-state index < -0.39 is 5.82 Å². The number of halogens is 1. The molecule has 0 fully saturated rings. The SMILES string of the molecule is O=CCc1c(O)cccc1F. The van der Waals surface area contributed by atoms with E-state index in [4.69, 9.17) is 5.11 Å². The maximum Gasteiger partial charge on any atom is 0.130 e. The van der Waals surface area contributed by atoms with Crippen LogP contribution in [-0.4, -0.2) is 11.4 Å². The third-order valence-electron chi connectivity index (χ3n) is 1.38. The minimum absolute atomic E-state index is 0.0579. The van der Waals surface area contributed by atoms with E-state index in [9.17, 15) is 9.18 Å². The molecule has 0 saturated carbocycles. The van der Waals surface area contributed by atoms with Gasteiger partial charge in [0, 0.05) is 12.0 Å². The Labute approximate surface area is 63.3 Å². The lowest BCUT2D eigenvalue weighted by atomic mass is 10.1. The average Bonchev–Trinajstić information content (AvgIpc) is 1.97. The standard InChI is InChI=1S/C8H7FO2/c9-7-2-1-3-8(11)6(7)4-5-10/h1-3,5,11H,4H2. The summed E-state index contributed by atoms with van der Waals surface area (Å²) in [7, 11) is 0. The Balaban J connectivity index is 3.09. The molecule has 0 aromatic heterocycles. The Bertz CT molecular complexity index is 251. The number of rotatable bonds is 2. The van der Waals surface area contributed by atoms with Crippen molar-refractivity contribution >= 4 is 6.29 Å². The number of carbonyl (C=O) groups excluding carboxylic acids is 1. The van der Waals surface area contributed by atoms with E-state index in [1.807, 2.05) is 0 Å². The summed E-state index contributed by atoms with van der Waals surface area (Å²) in [5.41, 5.74) is 0.0579. The number of benzene rings is 1. The Morgan fingerprint density at radius 3 is 2.82 bits per heavy atom. The van der Waals surface area contributed by atoms with Crippen LogP contribution in [0.1, 0.15) is 5.56 Å². The molecule has 1 aromatic rings. The molecule has 2 nitrogen and oxygen atoms in total. The van der Waals surface area contributed by atoms with Crippen LogP contribution in [0.25, 0.3) is 0 Å². The zero-order chi connectivity index (χ0) is 8.27. The summed E-state index contributed by atoms with van der Waals surface area (Å²) in [6, 6.07) is 3.94. The molecule has 3 heteroatoms. The van der Waals surface area contributed by atoms with Crippen LogP contribution < -0.4 is 0 Å². The van der Waals surface area contributed by atoms with E-state index in [-0.39, 0.29) is 17.7 Å². The summed E-state index contributed by atoms with van der Waals surface area (Å²) in [5, 5.41) is 9.02. The van der Waals surface area contributed by atoms with E-state index in [1.165, 1.54) is 18.2 Å². The normalized spacial score (nSPS) is 9.55. The van der Waals surface area contributed by atoms with Crippen molar-refractivity contribution in [2.24, 2.45) is 0 Å². The van der Waals surface area contributed by atoms with Gasteiger partial charge in [-0.15, -0.1) is 0 Å². The Morgan fingerprint density at radius 1 is 1.55 bits per heavy atom. The van der Waals surface area contributed by atoms with Gasteiger partial charge in [0.05, 0.1) is 0 Å². The van der Waals surface area contributed by atoms with Gasteiger partial charge in [-0.1, -0.05) is 6.07 Å². The van der Waals surface area contributed by atoms with E-state index in [0.29, 0.717) is 6.29 Å². The van der Waals surface area contributed by atoms with Gasteiger partial charge in [0.1, 0.15) is 17.9 Å². The van der Waals surface area contributed by atoms with Gasteiger partial charge in [0.25, 0.3) is 0 Å². The molecule has 0 unspecified atom stereocenters. The van der Waals surface area contributed by atoms with Gasteiger partial charge in [0.15, 0.2) is 0 Å². The number of phenols is 1. The van der Waals surface area contributed by atoms with Gasteiger partial charge in [-0.3, -0.25) is 0 Å². The fourth-order valence-electron chi connectivity index (χ4n) is 0.833. The van der Waals surface area contributed by atoms with Crippen LogP contribution in [-0.2, 0) is 11.2 Å². The highest BCUT2D eigenvalue weighted by molar-refractivity contribution is 5.57. The Morgan fingerprint density at radius 2 is 2.27 bits per heavy atom. The molecule has 11 heavy (non-hydrogen) atoms. The Hall–Kier alpha value is -1.38. The number of hydrogen-bond acceptors (Lipinski definition) is 2. The van der Waals surface area contributed by atoms with Crippen molar-refractivity contribution in [1.29, 1.82) is 0 Å². The number of phenolic OH excluding ortho intramolecular Hbond substituents is 1. The highest BCUT2D eigenvalue weighted by Gasteiger charge is 2.05. The number of aldehydes is 1. The van der Waals surface area contributed by atoms with Crippen LogP contribution in [0, 0.1) is 5.82 Å². The van der Waals surface area contributed by atoms with Gasteiger partial charge in [-0.2, -0.15) is 0 Å². The minimum atomic E-state index is -0.544. The predicted molar refractivity (Wildman–Crippen MR) is 37.8 cm³/mol. The first-order chi connectivity index (χ1) is 5.25. The fraction of sp³-hybridized carbons (Fsp3) is 0.125. The second-order valence-electron chi connectivity index (χ2n) is 2.11. The van der Waals surface area contributed by atoms with Crippen molar-refractivity contribution in [3.63, 3.8) is 0 Å². The van der Waals surface area contributed by atoms with Crippen LogP contribution in [0.5, 0.6) is 5.75 Å². The van der Waals surface area contributed by atoms with Crippen molar-refractivity contribution in [3.05, 3.63) is 29.6 Å². The number of carbonyl (C=O) groups is 1. The molecule has 0 bridgehead atoms. The van der Waals surface area contributed by atoms with Crippen LogP contribution in [0.2, 0.25) is 0 Å². The lowest BCUT2D eigenvalue weighted by Gasteiger charge is -1.99. The van der Waals surface area contributed by atoms with Gasteiger partial charge in [-0.05, 0) is 12.1 Å². The summed E-state index contributed by atoms with van der Waals surface area (Å²) in [4.78, 5) is 10.0. The van der Waals surface area contributed by atoms with Crippen LogP contribution >= 0.6 is 0 Å².